The summed E-state index contributed by atoms with van der Waals surface area (Å²) in [7, 11) is 0. The fourth-order valence-corrected chi connectivity index (χ4v) is 5.00. The monoisotopic (exact) mass is 479 g/mol. The van der Waals surface area contributed by atoms with Gasteiger partial charge in [0.1, 0.15) is 5.75 Å². The maximum absolute atomic E-state index is 12.7. The van der Waals surface area contributed by atoms with Gasteiger partial charge in [-0.1, -0.05) is 24.3 Å². The molecular weight excluding hydrogens is 442 g/mol. The number of nitrogens with zero attached hydrogens (tertiary/aromatic N) is 2. The summed E-state index contributed by atoms with van der Waals surface area (Å²) in [6.45, 7) is 8.93. The van der Waals surface area contributed by atoms with Crippen molar-refractivity contribution in [3.05, 3.63) is 65.2 Å². The molecule has 35 heavy (non-hydrogen) atoms. The van der Waals surface area contributed by atoms with Crippen molar-refractivity contribution in [1.29, 1.82) is 0 Å². The number of hydrogen-bond acceptors (Lipinski definition) is 5. The summed E-state index contributed by atoms with van der Waals surface area (Å²) >= 11 is 0. The van der Waals surface area contributed by atoms with Crippen LogP contribution in [-0.2, 0) is 22.6 Å². The molecule has 2 aromatic carbocycles. The van der Waals surface area contributed by atoms with E-state index in [0.29, 0.717) is 17.9 Å². The van der Waals surface area contributed by atoms with E-state index in [0.717, 1.165) is 57.7 Å². The molecule has 2 fully saturated rings. The van der Waals surface area contributed by atoms with E-state index in [1.54, 1.807) is 24.3 Å². The molecule has 2 aliphatic rings. The molecule has 0 radical (unpaired) electrons. The van der Waals surface area contributed by atoms with Crippen molar-refractivity contribution in [1.82, 2.24) is 15.1 Å². The van der Waals surface area contributed by atoms with Crippen LogP contribution in [0.3, 0.4) is 0 Å². The molecule has 188 valence electrons. The van der Waals surface area contributed by atoms with Crippen LogP contribution < -0.4 is 10.1 Å². The lowest BCUT2D eigenvalue weighted by molar-refractivity contribution is -0.139. The second kappa shape index (κ2) is 12.2. The highest BCUT2D eigenvalue weighted by atomic mass is 16.5. The number of carbonyl (C=O) groups excluding carboxylic acids is 2. The summed E-state index contributed by atoms with van der Waals surface area (Å²) in [5.41, 5.74) is 2.90. The van der Waals surface area contributed by atoms with Gasteiger partial charge in [0.25, 0.3) is 11.8 Å². The van der Waals surface area contributed by atoms with Crippen molar-refractivity contribution >= 4 is 11.8 Å². The average Bonchev–Trinajstić information content (AvgIpc) is 2.87. The molecule has 0 aliphatic carbocycles. The van der Waals surface area contributed by atoms with E-state index < -0.39 is 0 Å². The molecule has 0 unspecified atom stereocenters. The maximum Gasteiger partial charge on any atom is 0.260 e. The molecule has 2 atom stereocenters. The minimum Gasteiger partial charge on any atom is -0.484 e. The Hall–Kier alpha value is -2.90. The first-order chi connectivity index (χ1) is 17.0. The van der Waals surface area contributed by atoms with E-state index >= 15 is 0 Å². The first-order valence-corrected chi connectivity index (χ1v) is 12.7. The first kappa shape index (κ1) is 25.2. The summed E-state index contributed by atoms with van der Waals surface area (Å²) < 4.78 is 11.2. The molecule has 0 spiro atoms. The highest BCUT2D eigenvalue weighted by Gasteiger charge is 2.29. The van der Waals surface area contributed by atoms with Gasteiger partial charge in [-0.2, -0.15) is 0 Å². The molecule has 1 N–H and O–H groups in total. The molecule has 4 rings (SSSR count). The van der Waals surface area contributed by atoms with Crippen LogP contribution >= 0.6 is 0 Å². The fourth-order valence-electron chi connectivity index (χ4n) is 5.00. The third-order valence-electron chi connectivity index (χ3n) is 7.02. The average molecular weight is 480 g/mol. The number of morpholine rings is 1. The van der Waals surface area contributed by atoms with Crippen LogP contribution in [0.1, 0.15) is 54.6 Å². The molecule has 0 bridgehead atoms. The molecule has 2 aliphatic heterocycles. The third kappa shape index (κ3) is 6.83. The van der Waals surface area contributed by atoms with Gasteiger partial charge in [0.05, 0.1) is 13.2 Å². The second-order valence-electron chi connectivity index (χ2n) is 9.58. The Balaban J connectivity index is 1.27. The van der Waals surface area contributed by atoms with Crippen molar-refractivity contribution in [3.8, 4) is 5.75 Å². The zero-order valence-electron chi connectivity index (χ0n) is 20.9. The smallest absolute Gasteiger partial charge is 0.260 e. The maximum atomic E-state index is 12.7. The Morgan fingerprint density at radius 3 is 2.31 bits per heavy atom. The lowest BCUT2D eigenvalue weighted by atomic mass is 9.97. The van der Waals surface area contributed by atoms with Crippen molar-refractivity contribution in [2.24, 2.45) is 0 Å². The van der Waals surface area contributed by atoms with Crippen molar-refractivity contribution in [3.63, 3.8) is 0 Å². The Morgan fingerprint density at radius 2 is 1.63 bits per heavy atom. The third-order valence-corrected chi connectivity index (χ3v) is 7.02. The number of carbonyl (C=O) groups is 2. The molecule has 7 heteroatoms. The summed E-state index contributed by atoms with van der Waals surface area (Å²) in [6.07, 6.45) is 3.24. The number of nitrogens with one attached hydrogen (secondary N) is 1. The Morgan fingerprint density at radius 1 is 0.971 bits per heavy atom. The van der Waals surface area contributed by atoms with Gasteiger partial charge in [-0.25, -0.2) is 0 Å². The topological polar surface area (TPSA) is 71.1 Å². The van der Waals surface area contributed by atoms with Crippen LogP contribution in [-0.4, -0.2) is 66.6 Å². The van der Waals surface area contributed by atoms with Gasteiger partial charge in [0, 0.05) is 43.8 Å². The van der Waals surface area contributed by atoms with Gasteiger partial charge in [-0.3, -0.25) is 14.5 Å². The fraction of sp³-hybridized carbons (Fsp3) is 0.500. The van der Waals surface area contributed by atoms with Gasteiger partial charge < -0.3 is 19.7 Å². The van der Waals surface area contributed by atoms with Crippen molar-refractivity contribution < 1.29 is 19.1 Å². The van der Waals surface area contributed by atoms with E-state index in [2.05, 4.69) is 36.2 Å². The molecule has 7 nitrogen and oxygen atoms in total. The van der Waals surface area contributed by atoms with E-state index in [1.807, 2.05) is 17.0 Å². The van der Waals surface area contributed by atoms with Gasteiger partial charge in [-0.05, 0) is 68.5 Å². The van der Waals surface area contributed by atoms with Crippen LogP contribution in [0.25, 0.3) is 0 Å². The molecule has 2 amide bonds. The zero-order chi connectivity index (χ0) is 24.6. The van der Waals surface area contributed by atoms with Crippen LogP contribution in [0.4, 0.5) is 0 Å². The van der Waals surface area contributed by atoms with E-state index in [1.165, 1.54) is 5.56 Å². The minimum atomic E-state index is -0.134. The number of benzene rings is 2. The van der Waals surface area contributed by atoms with Gasteiger partial charge in [0.15, 0.2) is 6.61 Å². The molecule has 0 aromatic heterocycles. The van der Waals surface area contributed by atoms with E-state index in [9.17, 15) is 9.59 Å². The highest BCUT2D eigenvalue weighted by molar-refractivity contribution is 5.94. The SMILES string of the molecule is C[C@H]1CCC[C@H](C)N1C(=O)COc1ccc(C(=O)NCc2ccccc2CN2CCOCC2)cc1. The van der Waals surface area contributed by atoms with Crippen LogP contribution in [0.2, 0.25) is 0 Å². The van der Waals surface area contributed by atoms with Crippen LogP contribution in [0, 0.1) is 0 Å². The molecule has 2 saturated heterocycles. The van der Waals surface area contributed by atoms with Crippen LogP contribution in [0.15, 0.2) is 48.5 Å². The summed E-state index contributed by atoms with van der Waals surface area (Å²) in [4.78, 5) is 29.7. The lowest BCUT2D eigenvalue weighted by Crippen LogP contribution is -2.49. The molecule has 2 heterocycles. The zero-order valence-corrected chi connectivity index (χ0v) is 20.9. The van der Waals surface area contributed by atoms with Crippen molar-refractivity contribution in [2.45, 2.75) is 58.3 Å². The predicted molar refractivity (Wildman–Crippen MR) is 135 cm³/mol. The second-order valence-corrected chi connectivity index (χ2v) is 9.58. The van der Waals surface area contributed by atoms with Crippen LogP contribution in [0.5, 0.6) is 5.75 Å². The normalized spacial score (nSPS) is 20.9. The number of rotatable bonds is 8. The number of ether oxygens (including phenoxy) is 2. The quantitative estimate of drug-likeness (QED) is 0.626. The summed E-state index contributed by atoms with van der Waals surface area (Å²) in [5, 5.41) is 3.03. The minimum absolute atomic E-state index is 0.0140. The Labute approximate surface area is 208 Å². The summed E-state index contributed by atoms with van der Waals surface area (Å²) in [6, 6.07) is 15.7. The molecule has 2 aromatic rings. The predicted octanol–water partition coefficient (Wildman–Crippen LogP) is 3.62. The number of hydrogen-bond donors (Lipinski definition) is 1. The summed E-state index contributed by atoms with van der Waals surface area (Å²) in [5.74, 6) is 0.468. The van der Waals surface area contributed by atoms with Gasteiger partial charge in [0.2, 0.25) is 0 Å². The lowest BCUT2D eigenvalue weighted by Gasteiger charge is -2.38. The van der Waals surface area contributed by atoms with Crippen molar-refractivity contribution in [2.75, 3.05) is 32.9 Å². The first-order valence-electron chi connectivity index (χ1n) is 12.7. The standard InChI is InChI=1S/C28H37N3O4/c1-21-6-5-7-22(2)31(21)27(32)20-35-26-12-10-23(11-13-26)28(33)29-18-24-8-3-4-9-25(24)19-30-14-16-34-17-15-30/h3-4,8-13,21-22H,5-7,14-20H2,1-2H3,(H,29,33)/t21-,22-/m0/s1. The molecular formula is C28H37N3O4. The van der Waals surface area contributed by atoms with Gasteiger partial charge >= 0.3 is 0 Å². The Bertz CT molecular complexity index is 978. The molecule has 0 saturated carbocycles. The van der Waals surface area contributed by atoms with E-state index in [-0.39, 0.29) is 30.5 Å². The number of piperidine rings is 1. The highest BCUT2D eigenvalue weighted by Crippen LogP contribution is 2.23. The number of amides is 2. The van der Waals surface area contributed by atoms with Gasteiger partial charge in [-0.15, -0.1) is 0 Å². The van der Waals surface area contributed by atoms with E-state index in [4.69, 9.17) is 9.47 Å². The largest absolute Gasteiger partial charge is 0.484 e. The Kier molecular flexibility index (Phi) is 8.77. The number of likely N-dealkylation sites (tertiary alicyclic amines) is 1.